The van der Waals surface area contributed by atoms with Crippen LogP contribution in [0.1, 0.15) is 22.7 Å². The third kappa shape index (κ3) is 5.21. The monoisotopic (exact) mass is 514 g/mol. The van der Waals surface area contributed by atoms with E-state index in [2.05, 4.69) is 0 Å². The first-order valence-corrected chi connectivity index (χ1v) is 12.5. The summed E-state index contributed by atoms with van der Waals surface area (Å²) in [6.45, 7) is 2.08. The average molecular weight is 515 g/mol. The maximum absolute atomic E-state index is 13.3. The number of nitrogens with zero attached hydrogens (tertiary/aromatic N) is 2. The van der Waals surface area contributed by atoms with Gasteiger partial charge in [-0.05, 0) is 55.6 Å². The second-order valence-electron chi connectivity index (χ2n) is 9.50. The van der Waals surface area contributed by atoms with Gasteiger partial charge < -0.3 is 29.1 Å². The number of fused-ring (bicyclic) bond motifs is 1. The lowest BCUT2D eigenvalue weighted by atomic mass is 9.95. The first-order valence-electron chi connectivity index (χ1n) is 12.5. The van der Waals surface area contributed by atoms with Crippen LogP contribution in [0.4, 0.5) is 0 Å². The lowest BCUT2D eigenvalue weighted by Gasteiger charge is -2.27. The van der Waals surface area contributed by atoms with Crippen LogP contribution in [0.3, 0.4) is 0 Å². The zero-order valence-corrected chi connectivity index (χ0v) is 21.4. The number of amides is 1. The fourth-order valence-electron chi connectivity index (χ4n) is 4.63. The second kappa shape index (κ2) is 11.0. The van der Waals surface area contributed by atoms with Crippen LogP contribution in [0.5, 0.6) is 17.2 Å². The van der Waals surface area contributed by atoms with Gasteiger partial charge in [0.2, 0.25) is 0 Å². The van der Waals surface area contributed by atoms with Crippen molar-refractivity contribution in [3.8, 4) is 17.2 Å². The predicted octanol–water partition coefficient (Wildman–Crippen LogP) is 4.02. The number of carbonyl (C=O) groups excluding carboxylic acids is 2. The van der Waals surface area contributed by atoms with Gasteiger partial charge in [-0.3, -0.25) is 9.59 Å². The molecule has 2 aliphatic heterocycles. The highest BCUT2D eigenvalue weighted by molar-refractivity contribution is 6.46. The Kier molecular flexibility index (Phi) is 7.33. The van der Waals surface area contributed by atoms with Crippen molar-refractivity contribution in [3.63, 3.8) is 0 Å². The summed E-state index contributed by atoms with van der Waals surface area (Å²) in [4.78, 5) is 30.0. The quantitative estimate of drug-likeness (QED) is 0.276. The molecule has 8 nitrogen and oxygen atoms in total. The molecule has 1 unspecified atom stereocenters. The Hall–Kier alpha value is -4.30. The molecule has 0 aromatic heterocycles. The number of ketones is 1. The number of likely N-dealkylation sites (N-methyl/N-ethyl adjacent to an activating group) is 1. The highest BCUT2D eigenvalue weighted by Gasteiger charge is 2.46. The largest absolute Gasteiger partial charge is 0.507 e. The topological polar surface area (TPSA) is 88.5 Å². The predicted molar refractivity (Wildman–Crippen MR) is 142 cm³/mol. The third-order valence-corrected chi connectivity index (χ3v) is 6.57. The number of aliphatic hydroxyl groups is 1. The van der Waals surface area contributed by atoms with Crippen LogP contribution in [0.25, 0.3) is 5.76 Å². The number of carbonyl (C=O) groups is 2. The Morgan fingerprint density at radius 3 is 2.50 bits per heavy atom. The summed E-state index contributed by atoms with van der Waals surface area (Å²) in [6.07, 6.45) is 0. The normalized spacial score (nSPS) is 18.2. The van der Waals surface area contributed by atoms with Gasteiger partial charge in [0.15, 0.2) is 11.5 Å². The highest BCUT2D eigenvalue weighted by atomic mass is 16.6. The van der Waals surface area contributed by atoms with Gasteiger partial charge in [-0.15, -0.1) is 0 Å². The molecular formula is C30H30N2O6. The van der Waals surface area contributed by atoms with Crippen molar-refractivity contribution in [2.45, 2.75) is 12.6 Å². The Labute approximate surface area is 221 Å². The van der Waals surface area contributed by atoms with Crippen LogP contribution < -0.4 is 14.2 Å². The van der Waals surface area contributed by atoms with E-state index in [1.807, 2.05) is 73.6 Å². The van der Waals surface area contributed by atoms with Crippen molar-refractivity contribution in [1.82, 2.24) is 9.80 Å². The molecule has 1 fully saturated rings. The number of aliphatic hydroxyl groups excluding tert-OH is 1. The summed E-state index contributed by atoms with van der Waals surface area (Å²) in [5.74, 6) is 0.0227. The van der Waals surface area contributed by atoms with E-state index in [4.69, 9.17) is 14.2 Å². The molecule has 0 spiro atoms. The van der Waals surface area contributed by atoms with Crippen LogP contribution in [-0.2, 0) is 16.2 Å². The maximum atomic E-state index is 13.3. The van der Waals surface area contributed by atoms with Gasteiger partial charge in [0, 0.05) is 18.7 Å². The molecule has 3 aromatic carbocycles. The van der Waals surface area contributed by atoms with E-state index in [1.165, 1.54) is 4.90 Å². The number of benzene rings is 3. The standard InChI is InChI=1S/C30H30N2O6/c1-31(2)13-14-32-27(21-9-6-10-23(17-21)38-19-20-7-4-3-5-8-20)26(29(34)30(32)35)28(33)22-11-12-24-25(18-22)37-16-15-36-24/h3-12,17-18,27,33H,13-16,19H2,1-2H3. The molecule has 0 radical (unpaired) electrons. The van der Waals surface area contributed by atoms with Crippen molar-refractivity contribution in [2.75, 3.05) is 40.4 Å². The van der Waals surface area contributed by atoms with Crippen molar-refractivity contribution < 1.29 is 28.9 Å². The summed E-state index contributed by atoms with van der Waals surface area (Å²) in [7, 11) is 3.80. The average Bonchev–Trinajstić information content (AvgIpc) is 3.20. The van der Waals surface area contributed by atoms with E-state index in [9.17, 15) is 14.7 Å². The van der Waals surface area contributed by atoms with E-state index >= 15 is 0 Å². The van der Waals surface area contributed by atoms with Gasteiger partial charge in [0.05, 0.1) is 11.6 Å². The first-order chi connectivity index (χ1) is 18.4. The molecule has 3 aromatic rings. The molecule has 1 amide bonds. The Morgan fingerprint density at radius 2 is 1.74 bits per heavy atom. The molecule has 1 atom stereocenters. The Balaban J connectivity index is 1.53. The van der Waals surface area contributed by atoms with Crippen molar-refractivity contribution >= 4 is 17.4 Å². The highest BCUT2D eigenvalue weighted by Crippen LogP contribution is 2.41. The molecule has 0 saturated carbocycles. The van der Waals surface area contributed by atoms with Crippen molar-refractivity contribution in [3.05, 3.63) is 95.1 Å². The Morgan fingerprint density at radius 1 is 0.974 bits per heavy atom. The van der Waals surface area contributed by atoms with Crippen LogP contribution in [0.2, 0.25) is 0 Å². The van der Waals surface area contributed by atoms with Crippen LogP contribution >= 0.6 is 0 Å². The van der Waals surface area contributed by atoms with Gasteiger partial charge in [0.1, 0.15) is 31.3 Å². The third-order valence-electron chi connectivity index (χ3n) is 6.57. The van der Waals surface area contributed by atoms with Crippen molar-refractivity contribution in [1.29, 1.82) is 0 Å². The van der Waals surface area contributed by atoms with E-state index in [0.717, 1.165) is 5.56 Å². The number of hydrogen-bond donors (Lipinski definition) is 1. The molecule has 5 rings (SSSR count). The minimum atomic E-state index is -0.775. The zero-order chi connectivity index (χ0) is 26.6. The summed E-state index contributed by atoms with van der Waals surface area (Å²) < 4.78 is 17.3. The van der Waals surface area contributed by atoms with Gasteiger partial charge in [-0.1, -0.05) is 42.5 Å². The second-order valence-corrected chi connectivity index (χ2v) is 9.50. The molecule has 1 N–H and O–H groups in total. The van der Waals surface area contributed by atoms with E-state index in [1.54, 1.807) is 18.2 Å². The fourth-order valence-corrected chi connectivity index (χ4v) is 4.63. The summed E-state index contributed by atoms with van der Waals surface area (Å²) >= 11 is 0. The van der Waals surface area contributed by atoms with Gasteiger partial charge in [-0.2, -0.15) is 0 Å². The molecule has 0 bridgehead atoms. The molecule has 38 heavy (non-hydrogen) atoms. The number of ether oxygens (including phenoxy) is 3. The molecule has 196 valence electrons. The molecule has 8 heteroatoms. The minimum Gasteiger partial charge on any atom is -0.507 e. The smallest absolute Gasteiger partial charge is 0.295 e. The lowest BCUT2D eigenvalue weighted by Crippen LogP contribution is -2.35. The maximum Gasteiger partial charge on any atom is 0.295 e. The van der Waals surface area contributed by atoms with Gasteiger partial charge in [-0.25, -0.2) is 0 Å². The first kappa shape index (κ1) is 25.4. The van der Waals surface area contributed by atoms with Crippen molar-refractivity contribution in [2.24, 2.45) is 0 Å². The fraction of sp³-hybridized carbons (Fsp3) is 0.267. The van der Waals surface area contributed by atoms with E-state index in [0.29, 0.717) is 61.3 Å². The summed E-state index contributed by atoms with van der Waals surface area (Å²) in [6, 6.07) is 21.3. The summed E-state index contributed by atoms with van der Waals surface area (Å²) in [5, 5.41) is 11.4. The lowest BCUT2D eigenvalue weighted by molar-refractivity contribution is -0.140. The Bertz CT molecular complexity index is 1370. The van der Waals surface area contributed by atoms with Crippen LogP contribution in [-0.4, -0.2) is 67.0 Å². The molecule has 2 aliphatic rings. The molecule has 1 saturated heterocycles. The van der Waals surface area contributed by atoms with Crippen LogP contribution in [0, 0.1) is 0 Å². The number of rotatable bonds is 8. The minimum absolute atomic E-state index is 0.0330. The van der Waals surface area contributed by atoms with E-state index < -0.39 is 17.7 Å². The number of likely N-dealkylation sites (tertiary alicyclic amines) is 1. The van der Waals surface area contributed by atoms with Crippen LogP contribution in [0.15, 0.2) is 78.4 Å². The molecular weight excluding hydrogens is 484 g/mol. The SMILES string of the molecule is CN(C)CCN1C(=O)C(=O)C(=C(O)c2ccc3c(c2)OCCO3)C1c1cccc(OCc2ccccc2)c1. The molecule has 0 aliphatic carbocycles. The number of Topliss-reactive ketones (excluding diaryl/α,β-unsaturated/α-hetero) is 1. The summed E-state index contributed by atoms with van der Waals surface area (Å²) in [5.41, 5.74) is 2.10. The number of hydrogen-bond acceptors (Lipinski definition) is 7. The van der Waals surface area contributed by atoms with Gasteiger partial charge in [0.25, 0.3) is 11.7 Å². The molecule has 2 heterocycles. The zero-order valence-electron chi connectivity index (χ0n) is 21.4. The van der Waals surface area contributed by atoms with Gasteiger partial charge >= 0.3 is 0 Å². The van der Waals surface area contributed by atoms with E-state index in [-0.39, 0.29) is 11.3 Å².